The van der Waals surface area contributed by atoms with E-state index in [1.807, 2.05) is 5.32 Å². The van der Waals surface area contributed by atoms with Gasteiger partial charge in [0.05, 0.1) is 5.56 Å². The van der Waals surface area contributed by atoms with Crippen LogP contribution in [0, 0.1) is 0 Å². The van der Waals surface area contributed by atoms with Crippen LogP contribution < -0.4 is 19.5 Å². The summed E-state index contributed by atoms with van der Waals surface area (Å²) in [5.74, 6) is -1.65. The maximum absolute atomic E-state index is 12.1. The molecule has 10 heteroatoms. The highest BCUT2D eigenvalue weighted by atomic mass is 19.3. The van der Waals surface area contributed by atoms with Crippen molar-refractivity contribution < 1.29 is 42.1 Å². The van der Waals surface area contributed by atoms with Gasteiger partial charge in [-0.25, -0.2) is 4.79 Å². The third-order valence-corrected chi connectivity index (χ3v) is 3.71. The minimum atomic E-state index is -2.99. The van der Waals surface area contributed by atoms with Crippen molar-refractivity contribution in [3.05, 3.63) is 53.6 Å². The molecule has 0 aromatic heterocycles. The molecule has 0 bridgehead atoms. The summed E-state index contributed by atoms with van der Waals surface area (Å²) >= 11 is 0. The maximum Gasteiger partial charge on any atom is 0.387 e. The summed E-state index contributed by atoms with van der Waals surface area (Å²) in [4.78, 5) is 35.9. The molecule has 2 aromatic carbocycles. The Balaban J connectivity index is 1.50. The Bertz CT molecular complexity index is 915. The van der Waals surface area contributed by atoms with Gasteiger partial charge >= 0.3 is 12.6 Å². The maximum atomic E-state index is 12.1. The lowest BCUT2D eigenvalue weighted by atomic mass is 10.2. The molecular formula is C19H15F2NO7. The standard InChI is InChI=1S/C19H15F2NO7/c20-19(21)29-13-4-1-11(2-5-13)17(24)22-16(23)10-28-18(25)12-3-6-14-15(9-12)27-8-7-26-14/h1-6,9,19H,7-8,10H2,(H,22,23,24). The number of ether oxygens (including phenoxy) is 4. The number of rotatable bonds is 6. The molecule has 0 saturated carbocycles. The monoisotopic (exact) mass is 407 g/mol. The third-order valence-electron chi connectivity index (χ3n) is 3.71. The number of amides is 2. The topological polar surface area (TPSA) is 100 Å². The van der Waals surface area contributed by atoms with Crippen molar-refractivity contribution in [2.75, 3.05) is 19.8 Å². The Hall–Kier alpha value is -3.69. The predicted molar refractivity (Wildman–Crippen MR) is 93.3 cm³/mol. The second kappa shape index (κ2) is 9.00. The van der Waals surface area contributed by atoms with Crippen molar-refractivity contribution >= 4 is 17.8 Å². The van der Waals surface area contributed by atoms with Crippen molar-refractivity contribution in [3.63, 3.8) is 0 Å². The number of nitrogens with one attached hydrogen (secondary N) is 1. The van der Waals surface area contributed by atoms with E-state index in [0.29, 0.717) is 24.7 Å². The number of hydrogen-bond donors (Lipinski definition) is 1. The summed E-state index contributed by atoms with van der Waals surface area (Å²) in [6, 6.07) is 9.19. The number of hydrogen-bond acceptors (Lipinski definition) is 7. The van der Waals surface area contributed by atoms with Gasteiger partial charge in [0.1, 0.15) is 19.0 Å². The first-order valence-electron chi connectivity index (χ1n) is 8.38. The quantitative estimate of drug-likeness (QED) is 0.733. The molecule has 3 rings (SSSR count). The first-order valence-corrected chi connectivity index (χ1v) is 8.38. The SMILES string of the molecule is O=C(COC(=O)c1ccc2c(c1)OCCO2)NC(=O)c1ccc(OC(F)F)cc1. The Kier molecular flexibility index (Phi) is 6.22. The molecule has 1 aliphatic heterocycles. The molecule has 1 aliphatic rings. The second-order valence-corrected chi connectivity index (χ2v) is 5.71. The molecule has 0 saturated heterocycles. The number of carbonyl (C=O) groups excluding carboxylic acids is 3. The first-order chi connectivity index (χ1) is 13.9. The van der Waals surface area contributed by atoms with Crippen LogP contribution in [0.25, 0.3) is 0 Å². The van der Waals surface area contributed by atoms with E-state index < -0.39 is 31.0 Å². The van der Waals surface area contributed by atoms with Gasteiger partial charge < -0.3 is 18.9 Å². The summed E-state index contributed by atoms with van der Waals surface area (Å²) in [6.45, 7) is -2.91. The molecule has 1 heterocycles. The average molecular weight is 407 g/mol. The van der Waals surface area contributed by atoms with Gasteiger partial charge in [0.15, 0.2) is 18.1 Å². The molecule has 0 aliphatic carbocycles. The van der Waals surface area contributed by atoms with Gasteiger partial charge in [-0.1, -0.05) is 0 Å². The highest BCUT2D eigenvalue weighted by Crippen LogP contribution is 2.30. The van der Waals surface area contributed by atoms with Gasteiger partial charge in [0.25, 0.3) is 11.8 Å². The van der Waals surface area contributed by atoms with Crippen LogP contribution in [0.5, 0.6) is 17.2 Å². The Morgan fingerprint density at radius 2 is 1.62 bits per heavy atom. The van der Waals surface area contributed by atoms with Gasteiger partial charge in [-0.05, 0) is 42.5 Å². The van der Waals surface area contributed by atoms with Crippen molar-refractivity contribution in [3.8, 4) is 17.2 Å². The van der Waals surface area contributed by atoms with E-state index in [4.69, 9.17) is 14.2 Å². The highest BCUT2D eigenvalue weighted by Gasteiger charge is 2.18. The van der Waals surface area contributed by atoms with Crippen LogP contribution in [0.4, 0.5) is 8.78 Å². The molecular weight excluding hydrogens is 392 g/mol. The lowest BCUT2D eigenvalue weighted by molar-refractivity contribution is -0.123. The second-order valence-electron chi connectivity index (χ2n) is 5.71. The largest absolute Gasteiger partial charge is 0.486 e. The molecule has 0 atom stereocenters. The zero-order chi connectivity index (χ0) is 20.8. The fraction of sp³-hybridized carbons (Fsp3) is 0.211. The number of fused-ring (bicyclic) bond motifs is 1. The van der Waals surface area contributed by atoms with Crippen LogP contribution in [0.1, 0.15) is 20.7 Å². The predicted octanol–water partition coefficient (Wildman–Crippen LogP) is 2.17. The summed E-state index contributed by atoms with van der Waals surface area (Å²) in [5.41, 5.74) is 0.195. The van der Waals surface area contributed by atoms with Crippen LogP contribution in [0.15, 0.2) is 42.5 Å². The van der Waals surface area contributed by atoms with Crippen LogP contribution in [0.2, 0.25) is 0 Å². The van der Waals surface area contributed by atoms with Gasteiger partial charge in [-0.3, -0.25) is 14.9 Å². The zero-order valence-corrected chi connectivity index (χ0v) is 14.9. The van der Waals surface area contributed by atoms with Crippen LogP contribution in [-0.2, 0) is 9.53 Å². The van der Waals surface area contributed by atoms with Crippen LogP contribution >= 0.6 is 0 Å². The van der Waals surface area contributed by atoms with Gasteiger partial charge in [0.2, 0.25) is 0 Å². The average Bonchev–Trinajstić information content (AvgIpc) is 2.71. The van der Waals surface area contributed by atoms with E-state index in [1.54, 1.807) is 6.07 Å². The molecule has 152 valence electrons. The van der Waals surface area contributed by atoms with E-state index in [1.165, 1.54) is 24.3 Å². The number of esters is 1. The number of carbonyl (C=O) groups is 3. The molecule has 0 radical (unpaired) electrons. The van der Waals surface area contributed by atoms with E-state index in [0.717, 1.165) is 12.1 Å². The molecule has 1 N–H and O–H groups in total. The fourth-order valence-corrected chi connectivity index (χ4v) is 2.41. The summed E-state index contributed by atoms with van der Waals surface area (Å²) in [6.07, 6.45) is 0. The van der Waals surface area contributed by atoms with Crippen molar-refractivity contribution in [1.29, 1.82) is 0 Å². The molecule has 0 spiro atoms. The number of imide groups is 1. The lowest BCUT2D eigenvalue weighted by Gasteiger charge is -2.18. The molecule has 0 unspecified atom stereocenters. The van der Waals surface area contributed by atoms with E-state index >= 15 is 0 Å². The Morgan fingerprint density at radius 1 is 0.966 bits per heavy atom. The van der Waals surface area contributed by atoms with Crippen LogP contribution in [-0.4, -0.2) is 44.2 Å². The molecule has 2 aromatic rings. The van der Waals surface area contributed by atoms with E-state index in [-0.39, 0.29) is 16.9 Å². The molecule has 2 amide bonds. The van der Waals surface area contributed by atoms with Crippen LogP contribution in [0.3, 0.4) is 0 Å². The molecule has 8 nitrogen and oxygen atoms in total. The third kappa shape index (κ3) is 5.41. The number of halogens is 2. The van der Waals surface area contributed by atoms with Crippen molar-refractivity contribution in [2.24, 2.45) is 0 Å². The minimum absolute atomic E-state index is 0.0399. The minimum Gasteiger partial charge on any atom is -0.486 e. The molecule has 0 fully saturated rings. The summed E-state index contributed by atoms with van der Waals surface area (Å²) in [7, 11) is 0. The van der Waals surface area contributed by atoms with Crippen molar-refractivity contribution in [2.45, 2.75) is 6.61 Å². The van der Waals surface area contributed by atoms with Crippen molar-refractivity contribution in [1.82, 2.24) is 5.32 Å². The summed E-state index contributed by atoms with van der Waals surface area (Å²) < 4.78 is 44.0. The van der Waals surface area contributed by atoms with E-state index in [2.05, 4.69) is 4.74 Å². The number of benzene rings is 2. The lowest BCUT2D eigenvalue weighted by Crippen LogP contribution is -2.34. The number of alkyl halides is 2. The van der Waals surface area contributed by atoms with Gasteiger partial charge in [0, 0.05) is 5.56 Å². The smallest absolute Gasteiger partial charge is 0.387 e. The zero-order valence-electron chi connectivity index (χ0n) is 14.9. The first kappa shape index (κ1) is 20.1. The van der Waals surface area contributed by atoms with E-state index in [9.17, 15) is 23.2 Å². The highest BCUT2D eigenvalue weighted by molar-refractivity contribution is 6.05. The fourth-order valence-electron chi connectivity index (χ4n) is 2.41. The Labute approximate surface area is 163 Å². The Morgan fingerprint density at radius 3 is 2.31 bits per heavy atom. The molecule has 29 heavy (non-hydrogen) atoms. The van der Waals surface area contributed by atoms with Gasteiger partial charge in [-0.2, -0.15) is 8.78 Å². The van der Waals surface area contributed by atoms with Gasteiger partial charge in [-0.15, -0.1) is 0 Å². The summed E-state index contributed by atoms with van der Waals surface area (Å²) in [5, 5.41) is 2.02. The normalized spacial score (nSPS) is 12.2.